The van der Waals surface area contributed by atoms with E-state index in [1.165, 1.54) is 11.1 Å². The zero-order valence-electron chi connectivity index (χ0n) is 16.0. The Kier molecular flexibility index (Phi) is 7.20. The number of hydrogen-bond acceptors (Lipinski definition) is 3. The summed E-state index contributed by atoms with van der Waals surface area (Å²) in [6.45, 7) is 2.61. The Balaban J connectivity index is 1.43. The zero-order chi connectivity index (χ0) is 19.8. The summed E-state index contributed by atoms with van der Waals surface area (Å²) in [6.07, 6.45) is 1.78. The van der Waals surface area contributed by atoms with Gasteiger partial charge in [0.25, 0.3) is 5.91 Å². The molecule has 146 valence electrons. The highest BCUT2D eigenvalue weighted by molar-refractivity contribution is 7.83. The molecule has 0 aliphatic heterocycles. The van der Waals surface area contributed by atoms with E-state index < -0.39 is 10.8 Å². The van der Waals surface area contributed by atoms with Crippen LogP contribution >= 0.6 is 0 Å². The van der Waals surface area contributed by atoms with Gasteiger partial charge in [-0.3, -0.25) is 9.00 Å². The number of rotatable bonds is 9. The first-order valence-corrected chi connectivity index (χ1v) is 10.9. The second-order valence-corrected chi connectivity index (χ2v) is 8.28. The van der Waals surface area contributed by atoms with Gasteiger partial charge in [0.15, 0.2) is 5.76 Å². The van der Waals surface area contributed by atoms with Gasteiger partial charge in [0, 0.05) is 23.1 Å². The van der Waals surface area contributed by atoms with Crippen LogP contribution < -0.4 is 5.32 Å². The van der Waals surface area contributed by atoms with Gasteiger partial charge in [0.2, 0.25) is 0 Å². The minimum absolute atomic E-state index is 0.233. The highest BCUT2D eigenvalue weighted by Gasteiger charge is 2.13. The van der Waals surface area contributed by atoms with Crippen LogP contribution in [-0.2, 0) is 28.7 Å². The molecule has 0 saturated heterocycles. The standard InChI is InChI=1S/C23H25NO3S/c1-18-9-11-20(12-10-18)16-28(26)17-21-13-14-22(27-21)23(25)24-15-5-8-19-6-3-2-4-7-19/h2-4,6-7,9-14H,5,8,15-17H2,1H3,(H,24,25)/t28-/m0/s1. The lowest BCUT2D eigenvalue weighted by molar-refractivity contribution is 0.0924. The molecule has 3 rings (SSSR count). The Bertz CT molecular complexity index is 917. The number of nitrogens with one attached hydrogen (secondary N) is 1. The molecular weight excluding hydrogens is 370 g/mol. The maximum atomic E-state index is 12.3. The fraction of sp³-hybridized carbons (Fsp3) is 0.261. The van der Waals surface area contributed by atoms with Crippen molar-refractivity contribution in [2.75, 3.05) is 6.54 Å². The Labute approximate surface area is 168 Å². The first-order valence-electron chi connectivity index (χ1n) is 9.41. The minimum Gasteiger partial charge on any atom is -0.455 e. The van der Waals surface area contributed by atoms with Gasteiger partial charge < -0.3 is 9.73 Å². The first-order chi connectivity index (χ1) is 13.6. The highest BCUT2D eigenvalue weighted by Crippen LogP contribution is 2.13. The number of carbonyl (C=O) groups excluding carboxylic acids is 1. The van der Waals surface area contributed by atoms with E-state index in [1.807, 2.05) is 49.4 Å². The van der Waals surface area contributed by atoms with Crippen LogP contribution in [-0.4, -0.2) is 16.7 Å². The number of benzene rings is 2. The molecule has 1 heterocycles. The normalized spacial score (nSPS) is 11.9. The van der Waals surface area contributed by atoms with Crippen molar-refractivity contribution in [3.05, 3.63) is 94.9 Å². The smallest absolute Gasteiger partial charge is 0.286 e. The lowest BCUT2D eigenvalue weighted by Gasteiger charge is -2.04. The maximum Gasteiger partial charge on any atom is 0.286 e. The van der Waals surface area contributed by atoms with Crippen molar-refractivity contribution in [2.24, 2.45) is 0 Å². The Morgan fingerprint density at radius 3 is 2.43 bits per heavy atom. The summed E-state index contributed by atoms with van der Waals surface area (Å²) in [5, 5.41) is 2.87. The third-order valence-electron chi connectivity index (χ3n) is 4.41. The monoisotopic (exact) mass is 395 g/mol. The highest BCUT2D eigenvalue weighted by atomic mass is 32.2. The van der Waals surface area contributed by atoms with E-state index in [0.717, 1.165) is 18.4 Å². The molecule has 3 aromatic rings. The Morgan fingerprint density at radius 2 is 1.68 bits per heavy atom. The summed E-state index contributed by atoms with van der Waals surface area (Å²) < 4.78 is 17.9. The van der Waals surface area contributed by atoms with E-state index >= 15 is 0 Å². The van der Waals surface area contributed by atoms with Gasteiger partial charge in [0.05, 0.1) is 5.75 Å². The molecule has 1 aromatic heterocycles. The summed E-state index contributed by atoms with van der Waals surface area (Å²) in [4.78, 5) is 12.2. The summed E-state index contributed by atoms with van der Waals surface area (Å²) in [6, 6.07) is 21.6. The van der Waals surface area contributed by atoms with Crippen molar-refractivity contribution in [3.63, 3.8) is 0 Å². The number of furan rings is 1. The molecule has 1 N–H and O–H groups in total. The maximum absolute atomic E-state index is 12.3. The van der Waals surface area contributed by atoms with E-state index in [-0.39, 0.29) is 11.7 Å². The van der Waals surface area contributed by atoms with Gasteiger partial charge in [-0.25, -0.2) is 0 Å². The molecule has 0 fully saturated rings. The summed E-state index contributed by atoms with van der Waals surface area (Å²) >= 11 is 0. The lowest BCUT2D eigenvalue weighted by Crippen LogP contribution is -2.24. The molecule has 1 atom stereocenters. The average molecular weight is 396 g/mol. The molecular formula is C23H25NO3S. The van der Waals surface area contributed by atoms with E-state index in [0.29, 0.717) is 23.8 Å². The fourth-order valence-corrected chi connectivity index (χ4v) is 4.02. The van der Waals surface area contributed by atoms with Crippen molar-refractivity contribution < 1.29 is 13.4 Å². The molecule has 5 heteroatoms. The van der Waals surface area contributed by atoms with Gasteiger partial charge >= 0.3 is 0 Å². The predicted octanol–water partition coefficient (Wildman–Crippen LogP) is 4.40. The van der Waals surface area contributed by atoms with E-state index in [2.05, 4.69) is 17.4 Å². The van der Waals surface area contributed by atoms with Crippen molar-refractivity contribution in [3.8, 4) is 0 Å². The van der Waals surface area contributed by atoms with Gasteiger partial charge in [-0.2, -0.15) is 0 Å². The van der Waals surface area contributed by atoms with Crippen LogP contribution in [0.5, 0.6) is 0 Å². The summed E-state index contributed by atoms with van der Waals surface area (Å²) in [5.74, 6) is 1.38. The molecule has 0 radical (unpaired) electrons. The third kappa shape index (κ3) is 6.20. The molecule has 0 unspecified atom stereocenters. The fourth-order valence-electron chi connectivity index (χ4n) is 2.88. The summed E-state index contributed by atoms with van der Waals surface area (Å²) in [7, 11) is -1.08. The van der Waals surface area contributed by atoms with E-state index in [4.69, 9.17) is 4.42 Å². The lowest BCUT2D eigenvalue weighted by atomic mass is 10.1. The Morgan fingerprint density at radius 1 is 0.929 bits per heavy atom. The van der Waals surface area contributed by atoms with E-state index in [1.54, 1.807) is 12.1 Å². The molecule has 0 aliphatic rings. The predicted molar refractivity (Wildman–Crippen MR) is 113 cm³/mol. The van der Waals surface area contributed by atoms with Gasteiger partial charge in [-0.05, 0) is 43.0 Å². The average Bonchev–Trinajstić information content (AvgIpc) is 3.16. The van der Waals surface area contributed by atoms with Gasteiger partial charge in [0.1, 0.15) is 5.76 Å². The number of amides is 1. The molecule has 0 bridgehead atoms. The molecule has 4 nitrogen and oxygen atoms in total. The topological polar surface area (TPSA) is 59.3 Å². The molecule has 0 aliphatic carbocycles. The molecule has 0 spiro atoms. The quantitative estimate of drug-likeness (QED) is 0.546. The second kappa shape index (κ2) is 10.0. The van der Waals surface area contributed by atoms with Crippen LogP contribution in [0.1, 0.15) is 39.4 Å². The molecule has 0 saturated carbocycles. The molecule has 28 heavy (non-hydrogen) atoms. The molecule has 2 aromatic carbocycles. The van der Waals surface area contributed by atoms with Crippen molar-refractivity contribution in [2.45, 2.75) is 31.3 Å². The largest absolute Gasteiger partial charge is 0.455 e. The van der Waals surface area contributed by atoms with Crippen LogP contribution in [0, 0.1) is 6.92 Å². The second-order valence-electron chi connectivity index (χ2n) is 6.83. The minimum atomic E-state index is -1.08. The third-order valence-corrected chi connectivity index (χ3v) is 5.67. The number of aryl methyl sites for hydroxylation is 2. The number of carbonyl (C=O) groups is 1. The van der Waals surface area contributed by atoms with Crippen LogP contribution in [0.15, 0.2) is 71.1 Å². The Hall–Kier alpha value is -2.66. The van der Waals surface area contributed by atoms with Gasteiger partial charge in [-0.1, -0.05) is 60.2 Å². The molecule has 1 amide bonds. The van der Waals surface area contributed by atoms with Crippen LogP contribution in [0.25, 0.3) is 0 Å². The zero-order valence-corrected chi connectivity index (χ0v) is 16.8. The summed E-state index contributed by atoms with van der Waals surface area (Å²) in [5.41, 5.74) is 3.47. The first kappa shape index (κ1) is 20.1. The van der Waals surface area contributed by atoms with Crippen LogP contribution in [0.4, 0.5) is 0 Å². The SMILES string of the molecule is Cc1ccc(C[S@](=O)Cc2ccc(C(=O)NCCCc3ccccc3)o2)cc1. The van der Waals surface area contributed by atoms with E-state index in [9.17, 15) is 9.00 Å². The van der Waals surface area contributed by atoms with Gasteiger partial charge in [-0.15, -0.1) is 0 Å². The van der Waals surface area contributed by atoms with Crippen molar-refractivity contribution in [1.82, 2.24) is 5.32 Å². The van der Waals surface area contributed by atoms with Crippen molar-refractivity contribution >= 4 is 16.7 Å². The number of hydrogen-bond donors (Lipinski definition) is 1. The van der Waals surface area contributed by atoms with Crippen LogP contribution in [0.2, 0.25) is 0 Å². The van der Waals surface area contributed by atoms with Crippen LogP contribution in [0.3, 0.4) is 0 Å². The van der Waals surface area contributed by atoms with Crippen molar-refractivity contribution in [1.29, 1.82) is 0 Å².